The Kier molecular flexibility index (Phi) is 7.16. The number of carbonyl (C=O) groups excluding carboxylic acids is 2. The number of ether oxygens (including phenoxy) is 1. The fraction of sp³-hybridized carbons (Fsp3) is 0.684. The summed E-state index contributed by atoms with van der Waals surface area (Å²) in [7, 11) is 1.46. The molecule has 1 amide bonds. The second kappa shape index (κ2) is 9.79. The van der Waals surface area contributed by atoms with E-state index in [0.717, 1.165) is 38.8 Å². The maximum absolute atomic E-state index is 12.3. The molecule has 3 rings (SSSR count). The Morgan fingerprint density at radius 2 is 1.79 bits per heavy atom. The average Bonchev–Trinajstić information content (AvgIpc) is 2.77. The number of nitrogens with one attached hydrogen (secondary N) is 2. The van der Waals surface area contributed by atoms with Crippen molar-refractivity contribution in [3.8, 4) is 0 Å². The van der Waals surface area contributed by atoms with Crippen LogP contribution in [-0.2, 0) is 9.53 Å². The summed E-state index contributed by atoms with van der Waals surface area (Å²) in [6.07, 6.45) is 10.3. The lowest BCUT2D eigenvalue weighted by molar-refractivity contribution is -0.145. The molecular weight excluding hydrogens is 362 g/mol. The number of piperidine rings is 1. The van der Waals surface area contributed by atoms with Crippen molar-refractivity contribution in [2.24, 2.45) is 5.92 Å². The van der Waals surface area contributed by atoms with Gasteiger partial charge < -0.3 is 15.0 Å². The average molecular weight is 391 g/mol. The minimum Gasteiger partial charge on any atom is -0.468 e. The number of hydrogen-bond donors (Lipinski definition) is 3. The number of nitrogens with zero attached hydrogens (tertiary/aromatic N) is 3. The topological polar surface area (TPSA) is 117 Å². The van der Waals surface area contributed by atoms with Gasteiger partial charge in [-0.2, -0.15) is 0 Å². The van der Waals surface area contributed by atoms with Crippen LogP contribution in [0.1, 0.15) is 55.3 Å². The predicted molar refractivity (Wildman–Crippen MR) is 102 cm³/mol. The number of carbonyl (C=O) groups is 2. The van der Waals surface area contributed by atoms with Gasteiger partial charge in [-0.05, 0) is 31.6 Å². The first kappa shape index (κ1) is 20.5. The van der Waals surface area contributed by atoms with E-state index in [9.17, 15) is 9.59 Å². The molecule has 1 saturated carbocycles. The Hall–Kier alpha value is -2.26. The van der Waals surface area contributed by atoms with Gasteiger partial charge in [0.15, 0.2) is 0 Å². The van der Waals surface area contributed by atoms with Crippen molar-refractivity contribution in [3.63, 3.8) is 0 Å². The Labute approximate surface area is 164 Å². The van der Waals surface area contributed by atoms with E-state index in [1.165, 1.54) is 38.8 Å². The number of hydroxylamine groups is 1. The largest absolute Gasteiger partial charge is 0.468 e. The van der Waals surface area contributed by atoms with Gasteiger partial charge in [-0.3, -0.25) is 14.8 Å². The molecule has 0 unspecified atom stereocenters. The van der Waals surface area contributed by atoms with Crippen LogP contribution in [0.5, 0.6) is 0 Å². The number of amides is 1. The van der Waals surface area contributed by atoms with Crippen molar-refractivity contribution in [1.82, 2.24) is 20.8 Å². The molecule has 9 nitrogen and oxygen atoms in total. The molecule has 1 aromatic rings. The van der Waals surface area contributed by atoms with Gasteiger partial charge >= 0.3 is 5.97 Å². The molecule has 0 spiro atoms. The summed E-state index contributed by atoms with van der Waals surface area (Å²) in [5, 5.41) is 12.2. The van der Waals surface area contributed by atoms with Crippen LogP contribution in [0.15, 0.2) is 12.4 Å². The number of anilines is 1. The highest BCUT2D eigenvalue weighted by atomic mass is 16.5. The minimum absolute atomic E-state index is 0.157. The molecule has 2 fully saturated rings. The first-order valence-corrected chi connectivity index (χ1v) is 9.97. The first-order valence-electron chi connectivity index (χ1n) is 9.97. The number of rotatable bonds is 6. The summed E-state index contributed by atoms with van der Waals surface area (Å²) in [6.45, 7) is 1.53. The molecule has 1 atom stereocenters. The molecule has 0 aromatic carbocycles. The van der Waals surface area contributed by atoms with Gasteiger partial charge in [-0.1, -0.05) is 19.3 Å². The molecule has 3 N–H and O–H groups in total. The van der Waals surface area contributed by atoms with Gasteiger partial charge in [-0.15, -0.1) is 0 Å². The molecule has 2 aliphatic rings. The van der Waals surface area contributed by atoms with E-state index >= 15 is 0 Å². The van der Waals surface area contributed by atoms with E-state index in [2.05, 4.69) is 20.2 Å². The van der Waals surface area contributed by atoms with Gasteiger partial charge in [0.1, 0.15) is 6.04 Å². The van der Waals surface area contributed by atoms with Gasteiger partial charge in [0, 0.05) is 31.5 Å². The van der Waals surface area contributed by atoms with Crippen LogP contribution in [-0.4, -0.2) is 59.3 Å². The Morgan fingerprint density at radius 3 is 2.36 bits per heavy atom. The molecule has 0 bridgehead atoms. The number of hydrogen-bond acceptors (Lipinski definition) is 8. The summed E-state index contributed by atoms with van der Waals surface area (Å²) >= 11 is 0. The summed E-state index contributed by atoms with van der Waals surface area (Å²) in [5.74, 6) is 0.124. The van der Waals surface area contributed by atoms with Crippen LogP contribution < -0.4 is 15.7 Å². The molecule has 1 aromatic heterocycles. The third-order valence-electron chi connectivity index (χ3n) is 5.77. The van der Waals surface area contributed by atoms with E-state index in [4.69, 9.17) is 9.94 Å². The molecule has 1 aliphatic heterocycles. The highest BCUT2D eigenvalue weighted by Gasteiger charge is 2.33. The maximum atomic E-state index is 12.3. The lowest BCUT2D eigenvalue weighted by Crippen LogP contribution is -2.52. The van der Waals surface area contributed by atoms with Crippen LogP contribution in [0.2, 0.25) is 0 Å². The van der Waals surface area contributed by atoms with E-state index in [1.807, 2.05) is 0 Å². The first-order chi connectivity index (χ1) is 13.6. The fourth-order valence-electron chi connectivity index (χ4n) is 4.16. The monoisotopic (exact) mass is 391 g/mol. The van der Waals surface area contributed by atoms with Crippen LogP contribution in [0, 0.1) is 5.92 Å². The molecule has 9 heteroatoms. The highest BCUT2D eigenvalue weighted by molar-refractivity contribution is 5.92. The van der Waals surface area contributed by atoms with Crippen LogP contribution >= 0.6 is 0 Å². The third-order valence-corrected chi connectivity index (χ3v) is 5.77. The van der Waals surface area contributed by atoms with Crippen LogP contribution in [0.25, 0.3) is 0 Å². The number of esters is 1. The second-order valence-corrected chi connectivity index (χ2v) is 7.54. The minimum atomic E-state index is -0.633. The van der Waals surface area contributed by atoms with Crippen LogP contribution in [0.4, 0.5) is 5.95 Å². The normalized spacial score (nSPS) is 19.9. The SMILES string of the molecule is COC(=O)[C@@H](NC1CCN(c2ncc(C(=O)NO)cn2)CC1)C1CCCCC1. The van der Waals surface area contributed by atoms with E-state index in [0.29, 0.717) is 11.9 Å². The van der Waals surface area contributed by atoms with Gasteiger partial charge in [0.2, 0.25) is 5.95 Å². The zero-order valence-electron chi connectivity index (χ0n) is 16.3. The Bertz CT molecular complexity index is 655. The maximum Gasteiger partial charge on any atom is 0.323 e. The molecule has 28 heavy (non-hydrogen) atoms. The van der Waals surface area contributed by atoms with E-state index in [1.54, 1.807) is 5.48 Å². The second-order valence-electron chi connectivity index (χ2n) is 7.54. The van der Waals surface area contributed by atoms with Crippen molar-refractivity contribution in [3.05, 3.63) is 18.0 Å². The number of aromatic nitrogens is 2. The highest BCUT2D eigenvalue weighted by Crippen LogP contribution is 2.28. The van der Waals surface area contributed by atoms with Crippen molar-refractivity contribution < 1.29 is 19.5 Å². The third kappa shape index (κ3) is 4.96. The predicted octanol–water partition coefficient (Wildman–Crippen LogP) is 1.28. The standard InChI is InChI=1S/C19H29N5O4/c1-28-18(26)16(13-5-3-2-4-6-13)22-15-7-9-24(10-8-15)19-20-11-14(12-21-19)17(25)23-27/h11-13,15-16,22,27H,2-10H2,1H3,(H,23,25)/t16-/m0/s1. The zero-order valence-corrected chi connectivity index (χ0v) is 16.3. The van der Waals surface area contributed by atoms with Crippen LogP contribution in [0.3, 0.4) is 0 Å². The summed E-state index contributed by atoms with van der Waals surface area (Å²) in [6, 6.07) is 0.0242. The molecule has 0 radical (unpaired) electrons. The van der Waals surface area contributed by atoms with Crippen molar-refractivity contribution in [1.29, 1.82) is 0 Å². The molecule has 1 saturated heterocycles. The van der Waals surface area contributed by atoms with E-state index < -0.39 is 5.91 Å². The van der Waals surface area contributed by atoms with E-state index in [-0.39, 0.29) is 23.6 Å². The molecule has 1 aliphatic carbocycles. The lowest BCUT2D eigenvalue weighted by atomic mass is 9.83. The fourth-order valence-corrected chi connectivity index (χ4v) is 4.16. The van der Waals surface area contributed by atoms with Crippen molar-refractivity contribution in [2.45, 2.75) is 57.0 Å². The zero-order chi connectivity index (χ0) is 19.9. The smallest absolute Gasteiger partial charge is 0.323 e. The van der Waals surface area contributed by atoms with Crippen molar-refractivity contribution >= 4 is 17.8 Å². The van der Waals surface area contributed by atoms with Crippen molar-refractivity contribution in [2.75, 3.05) is 25.1 Å². The number of methoxy groups -OCH3 is 1. The lowest BCUT2D eigenvalue weighted by Gasteiger charge is -2.36. The van der Waals surface area contributed by atoms with Gasteiger partial charge in [0.25, 0.3) is 5.91 Å². The van der Waals surface area contributed by atoms with Gasteiger partial charge in [-0.25, -0.2) is 15.4 Å². The summed E-state index contributed by atoms with van der Waals surface area (Å²) in [5.41, 5.74) is 1.77. The summed E-state index contributed by atoms with van der Waals surface area (Å²) < 4.78 is 5.06. The molecule has 154 valence electrons. The molecule has 2 heterocycles. The molecular formula is C19H29N5O4. The Morgan fingerprint density at radius 1 is 1.14 bits per heavy atom. The Balaban J connectivity index is 1.55. The van der Waals surface area contributed by atoms with Gasteiger partial charge in [0.05, 0.1) is 12.7 Å². The summed E-state index contributed by atoms with van der Waals surface area (Å²) in [4.78, 5) is 34.2. The quantitative estimate of drug-likeness (QED) is 0.377.